The quantitative estimate of drug-likeness (QED) is 0.714. The molecule has 0 saturated carbocycles. The minimum absolute atomic E-state index is 0.915. The Morgan fingerprint density at radius 2 is 1.44 bits per heavy atom. The Bertz CT molecular complexity index is 156. The van der Waals surface area contributed by atoms with Crippen molar-refractivity contribution >= 4 is 0 Å². The summed E-state index contributed by atoms with van der Waals surface area (Å²) < 4.78 is 0. The Morgan fingerprint density at radius 1 is 0.875 bits per heavy atom. The van der Waals surface area contributed by atoms with Crippen LogP contribution in [0.1, 0.15) is 52.9 Å². The van der Waals surface area contributed by atoms with E-state index in [1.54, 1.807) is 0 Å². The smallest absolute Gasteiger partial charge is 0.0120 e. The van der Waals surface area contributed by atoms with E-state index in [2.05, 4.69) is 16.7 Å². The van der Waals surface area contributed by atoms with Gasteiger partial charge in [-0.3, -0.25) is 0 Å². The molecule has 0 unspecified atom stereocenters. The molecule has 0 N–H and O–H groups in total. The number of likely N-dealkylation sites (tertiary alicyclic amines) is 2. The van der Waals surface area contributed by atoms with Gasteiger partial charge in [-0.1, -0.05) is 27.2 Å². The van der Waals surface area contributed by atoms with Gasteiger partial charge >= 0.3 is 0 Å². The summed E-state index contributed by atoms with van der Waals surface area (Å²) in [5.74, 6) is 0. The molecule has 0 spiro atoms. The van der Waals surface area contributed by atoms with Crippen molar-refractivity contribution in [1.82, 2.24) is 9.80 Å². The summed E-state index contributed by atoms with van der Waals surface area (Å²) in [6.45, 7) is 12.9. The molecule has 2 aliphatic heterocycles. The van der Waals surface area contributed by atoms with Crippen molar-refractivity contribution in [2.45, 2.75) is 58.9 Å². The number of hydrogen-bond acceptors (Lipinski definition) is 2. The first-order chi connectivity index (χ1) is 7.90. The molecule has 0 aromatic carbocycles. The molecule has 0 aromatic rings. The highest BCUT2D eigenvalue weighted by Crippen LogP contribution is 2.20. The third kappa shape index (κ3) is 4.06. The van der Waals surface area contributed by atoms with Gasteiger partial charge in [0, 0.05) is 6.04 Å². The van der Waals surface area contributed by atoms with Gasteiger partial charge in [0.1, 0.15) is 0 Å². The Labute approximate surface area is 102 Å². The van der Waals surface area contributed by atoms with Gasteiger partial charge in [0.15, 0.2) is 0 Å². The van der Waals surface area contributed by atoms with Crippen LogP contribution in [-0.2, 0) is 0 Å². The summed E-state index contributed by atoms with van der Waals surface area (Å²) in [5, 5.41) is 0. The van der Waals surface area contributed by atoms with Gasteiger partial charge in [-0.2, -0.15) is 0 Å². The number of piperidine rings is 2. The normalized spacial score (nSPS) is 24.9. The highest BCUT2D eigenvalue weighted by molar-refractivity contribution is 4.80. The van der Waals surface area contributed by atoms with Gasteiger partial charge in [0.2, 0.25) is 0 Å². The summed E-state index contributed by atoms with van der Waals surface area (Å²) >= 11 is 0. The van der Waals surface area contributed by atoms with E-state index >= 15 is 0 Å². The van der Waals surface area contributed by atoms with E-state index in [0.717, 1.165) is 6.04 Å². The molecule has 0 aromatic heterocycles. The van der Waals surface area contributed by atoms with Gasteiger partial charge in [0.05, 0.1) is 0 Å². The molecule has 2 aliphatic rings. The van der Waals surface area contributed by atoms with Crippen molar-refractivity contribution in [1.29, 1.82) is 0 Å². The lowest BCUT2D eigenvalue weighted by molar-refractivity contribution is 0.0949. The predicted molar refractivity (Wildman–Crippen MR) is 71.9 cm³/mol. The molecule has 2 fully saturated rings. The highest BCUT2D eigenvalue weighted by Gasteiger charge is 2.24. The monoisotopic (exact) mass is 226 g/mol. The lowest BCUT2D eigenvalue weighted by Crippen LogP contribution is -2.46. The lowest BCUT2D eigenvalue weighted by atomic mass is 10.00. The zero-order valence-electron chi connectivity index (χ0n) is 11.5. The highest BCUT2D eigenvalue weighted by atomic mass is 15.2. The van der Waals surface area contributed by atoms with Crippen LogP contribution in [0.4, 0.5) is 0 Å². The van der Waals surface area contributed by atoms with E-state index in [0.29, 0.717) is 0 Å². The van der Waals surface area contributed by atoms with Crippen molar-refractivity contribution < 1.29 is 0 Å². The number of nitrogens with zero attached hydrogens (tertiary/aromatic N) is 2. The van der Waals surface area contributed by atoms with Gasteiger partial charge in [-0.25, -0.2) is 0 Å². The zero-order valence-corrected chi connectivity index (χ0v) is 11.5. The van der Waals surface area contributed by atoms with E-state index in [-0.39, 0.29) is 0 Å². The fourth-order valence-corrected chi connectivity index (χ4v) is 2.88. The Hall–Kier alpha value is -0.0800. The minimum Gasteiger partial charge on any atom is -0.303 e. The van der Waals surface area contributed by atoms with Crippen LogP contribution in [-0.4, -0.2) is 48.6 Å². The summed E-state index contributed by atoms with van der Waals surface area (Å²) in [6, 6.07) is 0.915. The van der Waals surface area contributed by atoms with E-state index in [9.17, 15) is 0 Å². The molecule has 2 heterocycles. The van der Waals surface area contributed by atoms with Crippen LogP contribution < -0.4 is 0 Å². The Balaban J connectivity index is 0.000000606. The molecular formula is C14H30N2. The first-order valence-corrected chi connectivity index (χ1v) is 7.36. The van der Waals surface area contributed by atoms with Crippen LogP contribution in [0.3, 0.4) is 0 Å². The summed E-state index contributed by atoms with van der Waals surface area (Å²) in [7, 11) is 0. The zero-order chi connectivity index (χ0) is 11.8. The fraction of sp³-hybridized carbons (Fsp3) is 1.00. The van der Waals surface area contributed by atoms with Crippen molar-refractivity contribution in [3.63, 3.8) is 0 Å². The van der Waals surface area contributed by atoms with Gasteiger partial charge in [-0.05, 0) is 58.4 Å². The fourth-order valence-electron chi connectivity index (χ4n) is 2.88. The van der Waals surface area contributed by atoms with Crippen LogP contribution in [0, 0.1) is 0 Å². The van der Waals surface area contributed by atoms with Crippen molar-refractivity contribution in [2.75, 3.05) is 32.7 Å². The van der Waals surface area contributed by atoms with E-state index < -0.39 is 0 Å². The summed E-state index contributed by atoms with van der Waals surface area (Å²) in [4.78, 5) is 5.33. The van der Waals surface area contributed by atoms with Crippen molar-refractivity contribution in [2.24, 2.45) is 0 Å². The van der Waals surface area contributed by atoms with Crippen LogP contribution >= 0.6 is 0 Å². The summed E-state index contributed by atoms with van der Waals surface area (Å²) in [5.41, 5.74) is 0. The minimum atomic E-state index is 0.915. The predicted octanol–water partition coefficient (Wildman–Crippen LogP) is 2.98. The third-order valence-corrected chi connectivity index (χ3v) is 3.91. The van der Waals surface area contributed by atoms with E-state index in [4.69, 9.17) is 0 Å². The number of hydrogen-bond donors (Lipinski definition) is 0. The Kier molecular flexibility index (Phi) is 7.06. The molecule has 96 valence electrons. The second kappa shape index (κ2) is 8.08. The maximum Gasteiger partial charge on any atom is 0.0120 e. The Morgan fingerprint density at radius 3 is 1.94 bits per heavy atom. The first kappa shape index (κ1) is 14.0. The van der Waals surface area contributed by atoms with Crippen LogP contribution in [0.25, 0.3) is 0 Å². The molecule has 0 amide bonds. The molecule has 2 nitrogen and oxygen atoms in total. The van der Waals surface area contributed by atoms with E-state index in [1.165, 1.54) is 64.8 Å². The first-order valence-electron chi connectivity index (χ1n) is 7.36. The molecular weight excluding hydrogens is 196 g/mol. The van der Waals surface area contributed by atoms with Crippen molar-refractivity contribution in [3.05, 3.63) is 0 Å². The number of rotatable bonds is 2. The summed E-state index contributed by atoms with van der Waals surface area (Å²) in [6.07, 6.45) is 7.16. The second-order valence-electron chi connectivity index (χ2n) is 4.76. The lowest BCUT2D eigenvalue weighted by Gasteiger charge is -2.39. The SMILES string of the molecule is CC.CCN1CCC(N2CCCCC2)CC1. The molecule has 2 saturated heterocycles. The van der Waals surface area contributed by atoms with Crippen molar-refractivity contribution in [3.8, 4) is 0 Å². The van der Waals surface area contributed by atoms with E-state index in [1.807, 2.05) is 13.8 Å². The third-order valence-electron chi connectivity index (χ3n) is 3.91. The standard InChI is InChI=1S/C12H24N2.C2H6/c1-2-13-10-6-12(7-11-13)14-8-4-3-5-9-14;1-2/h12H,2-11H2,1H3;1-2H3. The average Bonchev–Trinajstić information content (AvgIpc) is 2.42. The second-order valence-corrected chi connectivity index (χ2v) is 4.76. The molecule has 2 heteroatoms. The average molecular weight is 226 g/mol. The molecule has 0 atom stereocenters. The molecule has 2 rings (SSSR count). The van der Waals surface area contributed by atoms with Crippen LogP contribution in [0.5, 0.6) is 0 Å². The largest absolute Gasteiger partial charge is 0.303 e. The van der Waals surface area contributed by atoms with Gasteiger partial charge in [0.25, 0.3) is 0 Å². The van der Waals surface area contributed by atoms with Crippen LogP contribution in [0.15, 0.2) is 0 Å². The van der Waals surface area contributed by atoms with Crippen LogP contribution in [0.2, 0.25) is 0 Å². The molecule has 0 aliphatic carbocycles. The molecule has 16 heavy (non-hydrogen) atoms. The van der Waals surface area contributed by atoms with Gasteiger partial charge in [-0.15, -0.1) is 0 Å². The molecule has 0 bridgehead atoms. The molecule has 0 radical (unpaired) electrons. The van der Waals surface area contributed by atoms with Gasteiger partial charge < -0.3 is 9.80 Å². The maximum atomic E-state index is 2.75. The topological polar surface area (TPSA) is 6.48 Å². The maximum absolute atomic E-state index is 2.75.